The molecule has 0 unspecified atom stereocenters. The second-order valence-electron chi connectivity index (χ2n) is 5.49. The molecule has 3 aromatic carbocycles. The van der Waals surface area contributed by atoms with Crippen LogP contribution in [0.5, 0.6) is 11.5 Å². The SMILES string of the molecule is NOc1ccc(C(c2ccc(N=O)cc2)c2ccc(ON)cc2)cc1. The molecule has 126 valence electrons. The van der Waals surface area contributed by atoms with E-state index in [0.717, 1.165) is 16.7 Å². The zero-order valence-corrected chi connectivity index (χ0v) is 13.3. The monoisotopic (exact) mass is 335 g/mol. The van der Waals surface area contributed by atoms with Crippen molar-refractivity contribution in [2.45, 2.75) is 5.92 Å². The molecule has 4 N–H and O–H groups in total. The first kappa shape index (κ1) is 16.6. The molecule has 0 radical (unpaired) electrons. The molecule has 0 amide bonds. The van der Waals surface area contributed by atoms with Crippen LogP contribution in [0.2, 0.25) is 0 Å². The minimum absolute atomic E-state index is 0.0423. The highest BCUT2D eigenvalue weighted by atomic mass is 16.6. The summed E-state index contributed by atoms with van der Waals surface area (Å²) >= 11 is 0. The van der Waals surface area contributed by atoms with Crippen molar-refractivity contribution in [2.75, 3.05) is 0 Å². The van der Waals surface area contributed by atoms with Gasteiger partial charge in [-0.3, -0.25) is 0 Å². The topological polar surface area (TPSA) is 99.9 Å². The van der Waals surface area contributed by atoms with E-state index < -0.39 is 0 Å². The number of nitrogens with two attached hydrogens (primary N) is 2. The lowest BCUT2D eigenvalue weighted by Gasteiger charge is -2.19. The summed E-state index contributed by atoms with van der Waals surface area (Å²) in [4.78, 5) is 20.2. The number of benzene rings is 3. The van der Waals surface area contributed by atoms with Crippen LogP contribution >= 0.6 is 0 Å². The molecule has 3 aromatic rings. The van der Waals surface area contributed by atoms with Crippen LogP contribution in [-0.4, -0.2) is 0 Å². The molecule has 0 atom stereocenters. The molecule has 0 saturated heterocycles. The molecule has 0 spiro atoms. The third-order valence-corrected chi connectivity index (χ3v) is 4.03. The van der Waals surface area contributed by atoms with E-state index in [1.165, 1.54) is 0 Å². The van der Waals surface area contributed by atoms with E-state index in [0.29, 0.717) is 17.2 Å². The van der Waals surface area contributed by atoms with Crippen LogP contribution in [0.3, 0.4) is 0 Å². The average molecular weight is 335 g/mol. The van der Waals surface area contributed by atoms with Gasteiger partial charge in [0.2, 0.25) is 0 Å². The van der Waals surface area contributed by atoms with Gasteiger partial charge in [0.05, 0.1) is 0 Å². The van der Waals surface area contributed by atoms with Gasteiger partial charge >= 0.3 is 0 Å². The zero-order chi connectivity index (χ0) is 17.6. The first-order chi connectivity index (χ1) is 12.2. The van der Waals surface area contributed by atoms with Gasteiger partial charge in [0.15, 0.2) is 0 Å². The molecule has 6 nitrogen and oxygen atoms in total. The smallest absolute Gasteiger partial charge is 0.146 e. The van der Waals surface area contributed by atoms with Crippen LogP contribution in [0.4, 0.5) is 5.69 Å². The summed E-state index contributed by atoms with van der Waals surface area (Å²) in [6.45, 7) is 0. The third-order valence-electron chi connectivity index (χ3n) is 4.03. The Morgan fingerprint density at radius 2 is 1.00 bits per heavy atom. The Balaban J connectivity index is 2.06. The molecule has 0 heterocycles. The second kappa shape index (κ2) is 7.57. The van der Waals surface area contributed by atoms with Gasteiger partial charge in [-0.1, -0.05) is 36.4 Å². The summed E-state index contributed by atoms with van der Waals surface area (Å²) in [5.74, 6) is 11.5. The van der Waals surface area contributed by atoms with Gasteiger partial charge in [-0.25, -0.2) is 0 Å². The summed E-state index contributed by atoms with van der Waals surface area (Å²) in [6.07, 6.45) is 0. The number of nitrogens with zero attached hydrogens (tertiary/aromatic N) is 1. The quantitative estimate of drug-likeness (QED) is 0.406. The molecule has 0 fully saturated rings. The molecule has 0 saturated carbocycles. The van der Waals surface area contributed by atoms with Crippen LogP contribution in [0.25, 0.3) is 0 Å². The summed E-state index contributed by atoms with van der Waals surface area (Å²) in [5, 5.41) is 2.95. The van der Waals surface area contributed by atoms with E-state index in [9.17, 15) is 4.91 Å². The lowest BCUT2D eigenvalue weighted by Crippen LogP contribution is -2.06. The molecular weight excluding hydrogens is 318 g/mol. The predicted octanol–water partition coefficient (Wildman–Crippen LogP) is 3.77. The Morgan fingerprint density at radius 3 is 1.32 bits per heavy atom. The lowest BCUT2D eigenvalue weighted by atomic mass is 9.85. The molecule has 0 aromatic heterocycles. The van der Waals surface area contributed by atoms with Gasteiger partial charge in [0.25, 0.3) is 0 Å². The van der Waals surface area contributed by atoms with Crippen molar-refractivity contribution in [3.05, 3.63) is 94.4 Å². The highest BCUT2D eigenvalue weighted by Crippen LogP contribution is 2.34. The molecule has 0 aliphatic rings. The van der Waals surface area contributed by atoms with E-state index in [4.69, 9.17) is 21.5 Å². The van der Waals surface area contributed by atoms with Gasteiger partial charge < -0.3 is 9.68 Å². The number of hydrogen-bond donors (Lipinski definition) is 2. The molecule has 0 aliphatic heterocycles. The molecule has 25 heavy (non-hydrogen) atoms. The van der Waals surface area contributed by atoms with Gasteiger partial charge in [-0.15, -0.1) is 4.91 Å². The van der Waals surface area contributed by atoms with Crippen molar-refractivity contribution >= 4 is 5.69 Å². The Labute approximate surface area is 144 Å². The fraction of sp³-hybridized carbons (Fsp3) is 0.0526. The van der Waals surface area contributed by atoms with E-state index in [1.54, 1.807) is 36.4 Å². The zero-order valence-electron chi connectivity index (χ0n) is 13.3. The third kappa shape index (κ3) is 3.65. The highest BCUT2D eigenvalue weighted by molar-refractivity contribution is 5.48. The minimum atomic E-state index is -0.0423. The Bertz CT molecular complexity index is 784. The van der Waals surface area contributed by atoms with Crippen LogP contribution in [0, 0.1) is 4.91 Å². The summed E-state index contributed by atoms with van der Waals surface area (Å²) in [7, 11) is 0. The summed E-state index contributed by atoms with van der Waals surface area (Å²) < 4.78 is 0. The maximum atomic E-state index is 10.7. The normalized spacial score (nSPS) is 10.5. The van der Waals surface area contributed by atoms with Crippen LogP contribution in [-0.2, 0) is 0 Å². The predicted molar refractivity (Wildman–Crippen MR) is 95.4 cm³/mol. The minimum Gasteiger partial charge on any atom is -0.412 e. The largest absolute Gasteiger partial charge is 0.412 e. The van der Waals surface area contributed by atoms with E-state index in [-0.39, 0.29) is 5.92 Å². The van der Waals surface area contributed by atoms with Crippen molar-refractivity contribution in [1.29, 1.82) is 0 Å². The number of nitroso groups, excluding NO2 is 1. The van der Waals surface area contributed by atoms with Crippen LogP contribution in [0.1, 0.15) is 22.6 Å². The molecular formula is C19H17N3O3. The van der Waals surface area contributed by atoms with Crippen molar-refractivity contribution in [3.63, 3.8) is 0 Å². The van der Waals surface area contributed by atoms with Gasteiger partial charge in [0, 0.05) is 5.92 Å². The number of hydrogen-bond acceptors (Lipinski definition) is 6. The van der Waals surface area contributed by atoms with Crippen molar-refractivity contribution in [3.8, 4) is 11.5 Å². The molecule has 0 aliphatic carbocycles. The summed E-state index contributed by atoms with van der Waals surface area (Å²) in [5.41, 5.74) is 3.51. The van der Waals surface area contributed by atoms with Crippen molar-refractivity contribution in [1.82, 2.24) is 0 Å². The lowest BCUT2D eigenvalue weighted by molar-refractivity contribution is 0.334. The van der Waals surface area contributed by atoms with Crippen molar-refractivity contribution < 1.29 is 9.68 Å². The highest BCUT2D eigenvalue weighted by Gasteiger charge is 2.17. The molecule has 3 rings (SSSR count). The maximum Gasteiger partial charge on any atom is 0.146 e. The average Bonchev–Trinajstić information content (AvgIpc) is 2.70. The van der Waals surface area contributed by atoms with Crippen LogP contribution in [0.15, 0.2) is 78.0 Å². The van der Waals surface area contributed by atoms with Crippen LogP contribution < -0.4 is 21.5 Å². The van der Waals surface area contributed by atoms with Crippen molar-refractivity contribution in [2.24, 2.45) is 17.0 Å². The van der Waals surface area contributed by atoms with Gasteiger partial charge in [-0.05, 0) is 58.3 Å². The number of rotatable bonds is 6. The Kier molecular flexibility index (Phi) is 5.03. The first-order valence-corrected chi connectivity index (χ1v) is 7.62. The Hall–Kier alpha value is -3.22. The van der Waals surface area contributed by atoms with Gasteiger partial charge in [-0.2, -0.15) is 11.8 Å². The molecule has 0 bridgehead atoms. The second-order valence-corrected chi connectivity index (χ2v) is 5.49. The van der Waals surface area contributed by atoms with E-state index in [1.807, 2.05) is 36.4 Å². The standard InChI is InChI=1S/C19H17N3O3/c20-24-17-9-3-14(4-10-17)19(13-1-7-16(22-23)8-2-13)15-5-11-18(25-21)12-6-15/h1-12,19H,20-21H2. The van der Waals surface area contributed by atoms with E-state index >= 15 is 0 Å². The van der Waals surface area contributed by atoms with E-state index in [2.05, 4.69) is 5.18 Å². The Morgan fingerprint density at radius 1 is 0.640 bits per heavy atom. The van der Waals surface area contributed by atoms with Gasteiger partial charge in [0.1, 0.15) is 17.2 Å². The molecule has 6 heteroatoms. The fourth-order valence-corrected chi connectivity index (χ4v) is 2.78. The maximum absolute atomic E-state index is 10.7. The fourth-order valence-electron chi connectivity index (χ4n) is 2.78. The summed E-state index contributed by atoms with van der Waals surface area (Å²) in [6, 6.07) is 22.2. The first-order valence-electron chi connectivity index (χ1n) is 7.62.